The van der Waals surface area contributed by atoms with Crippen molar-refractivity contribution in [3.05, 3.63) is 54.4 Å². The molecule has 1 aromatic heterocycles. The summed E-state index contributed by atoms with van der Waals surface area (Å²) in [5.41, 5.74) is 3.72. The van der Waals surface area contributed by atoms with Crippen molar-refractivity contribution in [3.63, 3.8) is 0 Å². The number of pyridine rings is 1. The topological polar surface area (TPSA) is 49.0 Å². The second-order valence-electron chi connectivity index (χ2n) is 6.40. The first-order valence-electron chi connectivity index (χ1n) is 8.75. The summed E-state index contributed by atoms with van der Waals surface area (Å²) in [6.07, 6.45) is 7.22. The number of thioether (sulfide) groups is 1. The van der Waals surface area contributed by atoms with E-state index in [-0.39, 0.29) is 0 Å². The molecule has 0 bridgehead atoms. The average molecular weight is 355 g/mol. The van der Waals surface area contributed by atoms with Crippen LogP contribution in [0.3, 0.4) is 0 Å². The van der Waals surface area contributed by atoms with E-state index >= 15 is 0 Å². The maximum atomic E-state index is 4.53. The minimum Gasteiger partial charge on any atom is -0.390 e. The summed E-state index contributed by atoms with van der Waals surface area (Å²) in [5.74, 6) is 1.44. The molecule has 1 aromatic carbocycles. The Morgan fingerprint density at radius 1 is 1.12 bits per heavy atom. The predicted octanol–water partition coefficient (Wildman–Crippen LogP) is 4.30. The zero-order chi connectivity index (χ0) is 17.5. The summed E-state index contributed by atoms with van der Waals surface area (Å²) in [4.78, 5) is 5.82. The Morgan fingerprint density at radius 3 is 2.56 bits per heavy atom. The third-order valence-corrected chi connectivity index (χ3v) is 5.07. The summed E-state index contributed by atoms with van der Waals surface area (Å²) in [5, 5.41) is 10.2. The first kappa shape index (κ1) is 17.7. The Morgan fingerprint density at radius 2 is 1.92 bits per heavy atom. The quantitative estimate of drug-likeness (QED) is 0.617. The molecule has 2 heterocycles. The molecule has 0 saturated carbocycles. The first-order valence-corrected chi connectivity index (χ1v) is 9.98. The summed E-state index contributed by atoms with van der Waals surface area (Å²) < 4.78 is 0. The van der Waals surface area contributed by atoms with Crippen LogP contribution in [0.25, 0.3) is 5.57 Å². The van der Waals surface area contributed by atoms with Gasteiger partial charge in [0, 0.05) is 42.6 Å². The van der Waals surface area contributed by atoms with Crippen LogP contribution in [-0.2, 0) is 0 Å². The molecule has 0 saturated heterocycles. The Hall–Kier alpha value is -2.14. The lowest BCUT2D eigenvalue weighted by atomic mass is 10.1. The molecule has 1 atom stereocenters. The van der Waals surface area contributed by atoms with Gasteiger partial charge in [-0.1, -0.05) is 6.92 Å². The van der Waals surface area contributed by atoms with Crippen molar-refractivity contribution in [2.45, 2.75) is 18.2 Å². The van der Waals surface area contributed by atoms with Gasteiger partial charge in [0.1, 0.15) is 5.82 Å². The van der Waals surface area contributed by atoms with Crippen LogP contribution in [0.1, 0.15) is 18.9 Å². The summed E-state index contributed by atoms with van der Waals surface area (Å²) in [6, 6.07) is 12.8. The highest BCUT2D eigenvalue weighted by Crippen LogP contribution is 2.21. The molecule has 2 aromatic rings. The second kappa shape index (κ2) is 8.81. The van der Waals surface area contributed by atoms with E-state index in [0.29, 0.717) is 5.92 Å². The van der Waals surface area contributed by atoms with Crippen molar-refractivity contribution in [2.24, 2.45) is 5.92 Å². The van der Waals surface area contributed by atoms with Gasteiger partial charge in [-0.05, 0) is 66.1 Å². The molecule has 1 unspecified atom stereocenters. The summed E-state index contributed by atoms with van der Waals surface area (Å²) in [7, 11) is 0. The van der Waals surface area contributed by atoms with Crippen molar-refractivity contribution < 1.29 is 0 Å². The van der Waals surface area contributed by atoms with Crippen LogP contribution in [0.2, 0.25) is 0 Å². The normalized spacial score (nSPS) is 14.6. The van der Waals surface area contributed by atoms with Crippen LogP contribution >= 0.6 is 11.8 Å². The monoisotopic (exact) mass is 354 g/mol. The Bertz CT molecular complexity index is 695. The minimum absolute atomic E-state index is 0.503. The molecule has 25 heavy (non-hydrogen) atoms. The van der Waals surface area contributed by atoms with Crippen LogP contribution in [-0.4, -0.2) is 30.9 Å². The van der Waals surface area contributed by atoms with Gasteiger partial charge in [0.15, 0.2) is 0 Å². The van der Waals surface area contributed by atoms with Crippen molar-refractivity contribution in [2.75, 3.05) is 36.5 Å². The smallest absolute Gasteiger partial charge is 0.125 e. The number of nitrogens with one attached hydrogen (secondary N) is 3. The lowest BCUT2D eigenvalue weighted by Gasteiger charge is -2.15. The van der Waals surface area contributed by atoms with E-state index in [4.69, 9.17) is 0 Å². The van der Waals surface area contributed by atoms with Gasteiger partial charge < -0.3 is 16.0 Å². The zero-order valence-corrected chi connectivity index (χ0v) is 15.7. The summed E-state index contributed by atoms with van der Waals surface area (Å²) >= 11 is 1.76. The number of nitrogens with zero attached hydrogens (tertiary/aromatic N) is 1. The highest BCUT2D eigenvalue weighted by molar-refractivity contribution is 7.98. The molecular formula is C20H26N4S. The number of anilines is 2. The lowest BCUT2D eigenvalue weighted by molar-refractivity contribution is 0.648. The predicted molar refractivity (Wildman–Crippen MR) is 109 cm³/mol. The Balaban J connectivity index is 1.42. The average Bonchev–Trinajstić information content (AvgIpc) is 3.20. The van der Waals surface area contributed by atoms with Gasteiger partial charge in [-0.2, -0.15) is 0 Å². The molecule has 3 N–H and O–H groups in total. The number of aromatic nitrogens is 1. The first-order chi connectivity index (χ1) is 12.2. The van der Waals surface area contributed by atoms with E-state index in [0.717, 1.165) is 31.9 Å². The van der Waals surface area contributed by atoms with Gasteiger partial charge >= 0.3 is 0 Å². The van der Waals surface area contributed by atoms with E-state index < -0.39 is 0 Å². The van der Waals surface area contributed by atoms with Crippen molar-refractivity contribution in [3.8, 4) is 0 Å². The fourth-order valence-corrected chi connectivity index (χ4v) is 3.15. The maximum absolute atomic E-state index is 4.53. The number of hydrogen-bond donors (Lipinski definition) is 3. The molecule has 132 valence electrons. The molecule has 0 aliphatic carbocycles. The third-order valence-electron chi connectivity index (χ3n) is 4.33. The third kappa shape index (κ3) is 5.16. The number of benzene rings is 1. The van der Waals surface area contributed by atoms with Crippen molar-refractivity contribution in [1.29, 1.82) is 0 Å². The van der Waals surface area contributed by atoms with Crippen molar-refractivity contribution >= 4 is 28.8 Å². The van der Waals surface area contributed by atoms with E-state index in [1.807, 2.05) is 6.20 Å². The maximum Gasteiger partial charge on any atom is 0.125 e. The Kier molecular flexibility index (Phi) is 6.23. The van der Waals surface area contributed by atoms with Gasteiger partial charge in [-0.3, -0.25) is 0 Å². The van der Waals surface area contributed by atoms with Crippen LogP contribution < -0.4 is 16.0 Å². The molecule has 1 aliphatic rings. The zero-order valence-electron chi connectivity index (χ0n) is 14.9. The van der Waals surface area contributed by atoms with Gasteiger partial charge in [0.05, 0.1) is 0 Å². The van der Waals surface area contributed by atoms with E-state index in [2.05, 4.69) is 76.7 Å². The van der Waals surface area contributed by atoms with Crippen LogP contribution in [0.4, 0.5) is 11.5 Å². The van der Waals surface area contributed by atoms with Crippen LogP contribution in [0.5, 0.6) is 0 Å². The van der Waals surface area contributed by atoms with E-state index in [1.165, 1.54) is 21.7 Å². The molecule has 4 nitrogen and oxygen atoms in total. The van der Waals surface area contributed by atoms with Gasteiger partial charge in [-0.15, -0.1) is 11.8 Å². The number of rotatable bonds is 8. The highest BCUT2D eigenvalue weighted by Gasteiger charge is 2.07. The molecule has 5 heteroatoms. The largest absolute Gasteiger partial charge is 0.390 e. The van der Waals surface area contributed by atoms with Crippen molar-refractivity contribution in [1.82, 2.24) is 10.3 Å². The molecular weight excluding hydrogens is 328 g/mol. The van der Waals surface area contributed by atoms with Gasteiger partial charge in [-0.25, -0.2) is 4.98 Å². The molecule has 0 amide bonds. The second-order valence-corrected chi connectivity index (χ2v) is 7.28. The van der Waals surface area contributed by atoms with E-state index in [1.54, 1.807) is 11.8 Å². The lowest BCUT2D eigenvalue weighted by Crippen LogP contribution is -2.20. The molecule has 0 radical (unpaired) electrons. The van der Waals surface area contributed by atoms with Gasteiger partial charge in [0.25, 0.3) is 0 Å². The standard InChI is InChI=1S/C20H26N4S/c1-15(11-22-18-4-6-19(25-2)7-5-18)12-23-20-8-3-16(14-24-20)17-9-10-21-13-17/h3-8,13-15,21-22H,9-12H2,1-2H3,(H,23,24). The van der Waals surface area contributed by atoms with Gasteiger partial charge in [0.2, 0.25) is 0 Å². The molecule has 3 rings (SSSR count). The SMILES string of the molecule is CSc1ccc(NCC(C)CNc2ccc(C3=CNCC3)cn2)cc1. The molecule has 0 spiro atoms. The van der Waals surface area contributed by atoms with Crippen LogP contribution in [0.15, 0.2) is 53.7 Å². The summed E-state index contributed by atoms with van der Waals surface area (Å²) in [6.45, 7) is 5.09. The van der Waals surface area contributed by atoms with E-state index in [9.17, 15) is 0 Å². The molecule has 1 aliphatic heterocycles. The Labute approximate surface area is 154 Å². The minimum atomic E-state index is 0.503. The van der Waals surface area contributed by atoms with Crippen LogP contribution in [0, 0.1) is 5.92 Å². The fourth-order valence-electron chi connectivity index (χ4n) is 2.74. The number of hydrogen-bond acceptors (Lipinski definition) is 5. The fraction of sp³-hybridized carbons (Fsp3) is 0.350. The highest BCUT2D eigenvalue weighted by atomic mass is 32.2. The molecule has 0 fully saturated rings.